The van der Waals surface area contributed by atoms with Crippen LogP contribution in [-0.2, 0) is 0 Å². The first-order valence-electron chi connectivity index (χ1n) is 6.68. The number of benzene rings is 1. The first-order chi connectivity index (χ1) is 8.90. The molecule has 0 aromatic heterocycles. The van der Waals surface area contributed by atoms with E-state index < -0.39 is 5.82 Å². The van der Waals surface area contributed by atoms with Crippen LogP contribution in [0, 0.1) is 18.2 Å². The van der Waals surface area contributed by atoms with E-state index in [1.54, 1.807) is 19.1 Å². The van der Waals surface area contributed by atoms with Gasteiger partial charge in [-0.25, -0.2) is 4.39 Å². The van der Waals surface area contributed by atoms with Crippen molar-refractivity contribution in [3.8, 4) is 0 Å². The minimum absolute atomic E-state index is 0.0188. The molecule has 19 heavy (non-hydrogen) atoms. The molecule has 1 aliphatic rings. The number of carbonyl (C=O) groups is 1. The van der Waals surface area contributed by atoms with E-state index in [4.69, 9.17) is 0 Å². The zero-order chi connectivity index (χ0) is 14.0. The van der Waals surface area contributed by atoms with Gasteiger partial charge in [0.05, 0.1) is 5.56 Å². The number of hydrogen-bond acceptors (Lipinski definition) is 2. The van der Waals surface area contributed by atoms with Crippen molar-refractivity contribution in [3.05, 3.63) is 35.1 Å². The Bertz CT molecular complexity index is 485. The second kappa shape index (κ2) is 5.29. The van der Waals surface area contributed by atoms with E-state index >= 15 is 0 Å². The molecule has 1 fully saturated rings. The minimum Gasteiger partial charge on any atom is -0.349 e. The lowest BCUT2D eigenvalue weighted by molar-refractivity contribution is 0.0864. The van der Waals surface area contributed by atoms with Crippen molar-refractivity contribution >= 4 is 5.91 Å². The number of piperidine rings is 1. The second-order valence-electron chi connectivity index (χ2n) is 5.96. The molecule has 0 saturated carbocycles. The molecule has 0 spiro atoms. The van der Waals surface area contributed by atoms with Crippen molar-refractivity contribution in [3.63, 3.8) is 0 Å². The van der Waals surface area contributed by atoms with E-state index in [1.165, 1.54) is 6.07 Å². The zero-order valence-electron chi connectivity index (χ0n) is 11.7. The molecule has 1 atom stereocenters. The smallest absolute Gasteiger partial charge is 0.254 e. The summed E-state index contributed by atoms with van der Waals surface area (Å²) >= 11 is 0. The number of amides is 1. The molecule has 0 bridgehead atoms. The third-order valence-electron chi connectivity index (χ3n) is 3.81. The quantitative estimate of drug-likeness (QED) is 0.860. The van der Waals surface area contributed by atoms with Crippen LogP contribution >= 0.6 is 0 Å². The van der Waals surface area contributed by atoms with Crippen LogP contribution in [0.5, 0.6) is 0 Å². The first-order valence-corrected chi connectivity index (χ1v) is 6.68. The lowest BCUT2D eigenvalue weighted by atomic mass is 9.80. The summed E-state index contributed by atoms with van der Waals surface area (Å²) in [4.78, 5) is 12.2. The second-order valence-corrected chi connectivity index (χ2v) is 5.96. The first kappa shape index (κ1) is 14.0. The lowest BCUT2D eigenvalue weighted by Gasteiger charge is -2.39. The van der Waals surface area contributed by atoms with Gasteiger partial charge in [0, 0.05) is 12.6 Å². The van der Waals surface area contributed by atoms with Crippen molar-refractivity contribution < 1.29 is 9.18 Å². The largest absolute Gasteiger partial charge is 0.349 e. The van der Waals surface area contributed by atoms with Gasteiger partial charge in [-0.3, -0.25) is 4.79 Å². The van der Waals surface area contributed by atoms with E-state index in [1.807, 2.05) is 0 Å². The van der Waals surface area contributed by atoms with Crippen molar-refractivity contribution in [2.75, 3.05) is 13.1 Å². The van der Waals surface area contributed by atoms with Gasteiger partial charge < -0.3 is 10.6 Å². The molecule has 1 heterocycles. The predicted octanol–water partition coefficient (Wildman–Crippen LogP) is 2.25. The Kier molecular flexibility index (Phi) is 3.90. The number of nitrogens with one attached hydrogen (secondary N) is 2. The minimum atomic E-state index is -0.454. The summed E-state index contributed by atoms with van der Waals surface area (Å²) in [5, 5.41) is 6.28. The highest BCUT2D eigenvalue weighted by molar-refractivity contribution is 5.94. The Morgan fingerprint density at radius 3 is 2.84 bits per heavy atom. The maximum atomic E-state index is 13.8. The van der Waals surface area contributed by atoms with Gasteiger partial charge in [-0.15, -0.1) is 0 Å². The summed E-state index contributed by atoms with van der Waals surface area (Å²) in [6.45, 7) is 7.75. The molecule has 1 unspecified atom stereocenters. The Morgan fingerprint density at radius 1 is 1.47 bits per heavy atom. The van der Waals surface area contributed by atoms with Crippen molar-refractivity contribution in [2.45, 2.75) is 33.2 Å². The summed E-state index contributed by atoms with van der Waals surface area (Å²) in [5.41, 5.74) is 0.922. The van der Waals surface area contributed by atoms with Crippen LogP contribution in [0.2, 0.25) is 0 Å². The van der Waals surface area contributed by atoms with Crippen molar-refractivity contribution in [1.82, 2.24) is 10.6 Å². The van der Waals surface area contributed by atoms with E-state index in [2.05, 4.69) is 24.5 Å². The van der Waals surface area contributed by atoms with Gasteiger partial charge in [0.1, 0.15) is 5.82 Å². The molecule has 1 aromatic carbocycles. The molecule has 2 N–H and O–H groups in total. The van der Waals surface area contributed by atoms with E-state index in [9.17, 15) is 9.18 Å². The molecule has 3 nitrogen and oxygen atoms in total. The predicted molar refractivity (Wildman–Crippen MR) is 73.7 cm³/mol. The summed E-state index contributed by atoms with van der Waals surface area (Å²) in [5.74, 6) is -0.776. The fourth-order valence-electron chi connectivity index (χ4n) is 2.48. The fraction of sp³-hybridized carbons (Fsp3) is 0.533. The molecular weight excluding hydrogens is 243 g/mol. The molecule has 0 radical (unpaired) electrons. The highest BCUT2D eigenvalue weighted by Crippen LogP contribution is 2.25. The number of hydrogen-bond donors (Lipinski definition) is 2. The van der Waals surface area contributed by atoms with Crippen LogP contribution in [0.15, 0.2) is 18.2 Å². The summed E-state index contributed by atoms with van der Waals surface area (Å²) in [6, 6.07) is 4.77. The SMILES string of the molecule is Cc1ccc(C(=O)NC2CCNCC2(C)C)c(F)c1. The third-order valence-corrected chi connectivity index (χ3v) is 3.81. The van der Waals surface area contributed by atoms with Crippen LogP contribution in [0.4, 0.5) is 4.39 Å². The molecule has 2 rings (SSSR count). The van der Waals surface area contributed by atoms with Gasteiger partial charge in [-0.1, -0.05) is 19.9 Å². The highest BCUT2D eigenvalue weighted by atomic mass is 19.1. The van der Waals surface area contributed by atoms with Crippen LogP contribution in [0.1, 0.15) is 36.2 Å². The Hall–Kier alpha value is -1.42. The molecule has 0 aliphatic carbocycles. The summed E-state index contributed by atoms with van der Waals surface area (Å²) in [6.07, 6.45) is 0.867. The molecule has 1 aromatic rings. The molecular formula is C15H21FN2O. The normalized spacial score (nSPS) is 22.0. The maximum absolute atomic E-state index is 13.8. The maximum Gasteiger partial charge on any atom is 0.254 e. The molecule has 4 heteroatoms. The van der Waals surface area contributed by atoms with Gasteiger partial charge in [0.25, 0.3) is 5.91 Å². The van der Waals surface area contributed by atoms with Gasteiger partial charge in [0.2, 0.25) is 0 Å². The molecule has 104 valence electrons. The van der Waals surface area contributed by atoms with Gasteiger partial charge >= 0.3 is 0 Å². The molecule has 1 saturated heterocycles. The van der Waals surface area contributed by atoms with Crippen LogP contribution in [0.25, 0.3) is 0 Å². The van der Waals surface area contributed by atoms with Gasteiger partial charge in [-0.2, -0.15) is 0 Å². The van der Waals surface area contributed by atoms with Crippen LogP contribution in [-0.4, -0.2) is 25.0 Å². The standard InChI is InChI=1S/C15H21FN2O/c1-10-4-5-11(12(16)8-10)14(19)18-13-6-7-17-9-15(13,2)3/h4-5,8,13,17H,6-7,9H2,1-3H3,(H,18,19). The van der Waals surface area contributed by atoms with Crippen molar-refractivity contribution in [2.24, 2.45) is 5.41 Å². The number of carbonyl (C=O) groups excluding carboxylic acids is 1. The van der Waals surface area contributed by atoms with Crippen LogP contribution in [0.3, 0.4) is 0 Å². The summed E-state index contributed by atoms with van der Waals surface area (Å²) < 4.78 is 13.8. The fourth-order valence-corrected chi connectivity index (χ4v) is 2.48. The van der Waals surface area contributed by atoms with Crippen LogP contribution < -0.4 is 10.6 Å². The number of rotatable bonds is 2. The van der Waals surface area contributed by atoms with Gasteiger partial charge in [-0.05, 0) is 43.0 Å². The Morgan fingerprint density at radius 2 is 2.21 bits per heavy atom. The average Bonchev–Trinajstić information content (AvgIpc) is 2.31. The topological polar surface area (TPSA) is 41.1 Å². The van der Waals surface area contributed by atoms with Crippen molar-refractivity contribution in [1.29, 1.82) is 0 Å². The summed E-state index contributed by atoms with van der Waals surface area (Å²) in [7, 11) is 0. The van der Waals surface area contributed by atoms with E-state index in [0.29, 0.717) is 0 Å². The number of halogens is 1. The van der Waals surface area contributed by atoms with Gasteiger partial charge in [0.15, 0.2) is 0 Å². The average molecular weight is 264 g/mol. The Labute approximate surface area is 113 Å². The molecule has 1 aliphatic heterocycles. The molecule has 1 amide bonds. The highest BCUT2D eigenvalue weighted by Gasteiger charge is 2.33. The van der Waals surface area contributed by atoms with E-state index in [-0.39, 0.29) is 22.9 Å². The zero-order valence-corrected chi connectivity index (χ0v) is 11.7. The lowest BCUT2D eigenvalue weighted by Crippen LogP contribution is -2.54. The third kappa shape index (κ3) is 3.13. The Balaban J connectivity index is 2.12. The number of aryl methyl sites for hydroxylation is 1. The monoisotopic (exact) mass is 264 g/mol. The van der Waals surface area contributed by atoms with E-state index in [0.717, 1.165) is 25.1 Å².